The molecule has 0 spiro atoms. The fourth-order valence-electron chi connectivity index (χ4n) is 2.55. The maximum Gasteiger partial charge on any atom is 0.193 e. The Bertz CT molecular complexity index is 711. The van der Waals surface area contributed by atoms with Gasteiger partial charge in [-0.2, -0.15) is 0 Å². The number of benzene rings is 2. The van der Waals surface area contributed by atoms with Gasteiger partial charge in [-0.15, -0.1) is 24.0 Å². The minimum atomic E-state index is 0. The second-order valence-corrected chi connectivity index (χ2v) is 5.67. The summed E-state index contributed by atoms with van der Waals surface area (Å²) in [5.41, 5.74) is 1.05. The van der Waals surface area contributed by atoms with Crippen molar-refractivity contribution in [2.24, 2.45) is 4.99 Å². The van der Waals surface area contributed by atoms with E-state index in [0.29, 0.717) is 19.7 Å². The van der Waals surface area contributed by atoms with Gasteiger partial charge < -0.3 is 24.4 Å². The van der Waals surface area contributed by atoms with E-state index in [1.807, 2.05) is 60.5 Å². The molecule has 0 radical (unpaired) electrons. The summed E-state index contributed by atoms with van der Waals surface area (Å²) in [5.74, 6) is 3.22. The van der Waals surface area contributed by atoms with Crippen LogP contribution < -0.4 is 19.5 Å². The van der Waals surface area contributed by atoms with Crippen molar-refractivity contribution in [3.8, 4) is 17.2 Å². The molecule has 6 nitrogen and oxygen atoms in total. The van der Waals surface area contributed by atoms with Crippen molar-refractivity contribution in [2.75, 3.05) is 41.5 Å². The molecule has 2 aromatic rings. The second-order valence-electron chi connectivity index (χ2n) is 5.67. The highest BCUT2D eigenvalue weighted by atomic mass is 127. The molecule has 0 aromatic heterocycles. The minimum absolute atomic E-state index is 0. The zero-order valence-electron chi connectivity index (χ0n) is 16.3. The Hall–Kier alpha value is -2.16. The fourth-order valence-corrected chi connectivity index (χ4v) is 2.55. The summed E-state index contributed by atoms with van der Waals surface area (Å²) < 4.78 is 16.4. The first-order chi connectivity index (χ1) is 12.7. The smallest absolute Gasteiger partial charge is 0.193 e. The van der Waals surface area contributed by atoms with Crippen LogP contribution in [0.15, 0.2) is 53.5 Å². The minimum Gasteiger partial charge on any atom is -0.497 e. The van der Waals surface area contributed by atoms with Gasteiger partial charge >= 0.3 is 0 Å². The Labute approximate surface area is 178 Å². The number of para-hydroxylation sites is 1. The van der Waals surface area contributed by atoms with Crippen molar-refractivity contribution >= 4 is 29.9 Å². The van der Waals surface area contributed by atoms with Crippen LogP contribution in [0.1, 0.15) is 5.56 Å². The Balaban J connectivity index is 0.00000364. The predicted molar refractivity (Wildman–Crippen MR) is 120 cm³/mol. The van der Waals surface area contributed by atoms with Crippen molar-refractivity contribution in [2.45, 2.75) is 6.54 Å². The third kappa shape index (κ3) is 7.16. The Morgan fingerprint density at radius 1 is 1.04 bits per heavy atom. The van der Waals surface area contributed by atoms with E-state index in [2.05, 4.69) is 10.3 Å². The van der Waals surface area contributed by atoms with Gasteiger partial charge in [0.15, 0.2) is 5.96 Å². The van der Waals surface area contributed by atoms with E-state index in [9.17, 15) is 0 Å². The van der Waals surface area contributed by atoms with E-state index in [1.165, 1.54) is 0 Å². The van der Waals surface area contributed by atoms with Gasteiger partial charge in [0.25, 0.3) is 0 Å². The van der Waals surface area contributed by atoms with Crippen molar-refractivity contribution in [3.63, 3.8) is 0 Å². The van der Waals surface area contributed by atoms with Crippen LogP contribution in [0.3, 0.4) is 0 Å². The topological polar surface area (TPSA) is 55.3 Å². The molecule has 2 rings (SSSR count). The van der Waals surface area contributed by atoms with E-state index >= 15 is 0 Å². The largest absolute Gasteiger partial charge is 0.497 e. The van der Waals surface area contributed by atoms with Crippen LogP contribution in [-0.2, 0) is 6.54 Å². The molecule has 0 saturated carbocycles. The van der Waals surface area contributed by atoms with Gasteiger partial charge in [-0.05, 0) is 24.3 Å². The standard InChI is InChI=1S/C20H27N3O3.HI/c1-21-20(22-12-13-26-17-8-6-5-7-9-17)23(2)15-16-10-11-18(24-3)14-19(16)25-4;/h5-11,14H,12-13,15H2,1-4H3,(H,21,22);1H. The van der Waals surface area contributed by atoms with Crippen molar-refractivity contribution in [1.29, 1.82) is 0 Å². The quantitative estimate of drug-likeness (QED) is 0.269. The molecule has 0 amide bonds. The average molecular weight is 485 g/mol. The number of rotatable bonds is 8. The molecule has 0 aliphatic heterocycles. The zero-order valence-corrected chi connectivity index (χ0v) is 18.6. The number of aliphatic imine (C=N–C) groups is 1. The van der Waals surface area contributed by atoms with Gasteiger partial charge in [0.1, 0.15) is 23.9 Å². The lowest BCUT2D eigenvalue weighted by molar-refractivity contribution is 0.319. The molecule has 0 fully saturated rings. The number of hydrogen-bond donors (Lipinski definition) is 1. The molecule has 2 aromatic carbocycles. The molecular weight excluding hydrogens is 457 g/mol. The molecule has 0 aliphatic carbocycles. The summed E-state index contributed by atoms with van der Waals surface area (Å²) >= 11 is 0. The van der Waals surface area contributed by atoms with Crippen molar-refractivity contribution < 1.29 is 14.2 Å². The summed E-state index contributed by atoms with van der Waals surface area (Å²) in [6.07, 6.45) is 0. The highest BCUT2D eigenvalue weighted by Crippen LogP contribution is 2.25. The van der Waals surface area contributed by atoms with E-state index in [-0.39, 0.29) is 24.0 Å². The highest BCUT2D eigenvalue weighted by Gasteiger charge is 2.11. The number of nitrogens with zero attached hydrogens (tertiary/aromatic N) is 2. The van der Waals surface area contributed by atoms with Gasteiger partial charge in [-0.25, -0.2) is 0 Å². The normalized spacial score (nSPS) is 10.6. The number of ether oxygens (including phenoxy) is 3. The monoisotopic (exact) mass is 485 g/mol. The van der Waals surface area contributed by atoms with Gasteiger partial charge in [-0.1, -0.05) is 18.2 Å². The number of guanidine groups is 1. The summed E-state index contributed by atoms with van der Waals surface area (Å²) in [6.45, 7) is 1.88. The third-order valence-electron chi connectivity index (χ3n) is 3.87. The molecule has 27 heavy (non-hydrogen) atoms. The zero-order chi connectivity index (χ0) is 18.8. The molecule has 0 aliphatic rings. The Morgan fingerprint density at radius 2 is 1.78 bits per heavy atom. The first-order valence-corrected chi connectivity index (χ1v) is 8.48. The highest BCUT2D eigenvalue weighted by molar-refractivity contribution is 14.0. The van der Waals surface area contributed by atoms with Crippen molar-refractivity contribution in [1.82, 2.24) is 10.2 Å². The SMILES string of the molecule is CN=C(NCCOc1ccccc1)N(C)Cc1ccc(OC)cc1OC.I. The van der Waals surface area contributed by atoms with Gasteiger partial charge in [0.05, 0.1) is 20.8 Å². The molecule has 1 N–H and O–H groups in total. The lowest BCUT2D eigenvalue weighted by Crippen LogP contribution is -2.40. The fraction of sp³-hybridized carbons (Fsp3) is 0.350. The maximum absolute atomic E-state index is 5.69. The van der Waals surface area contributed by atoms with Crippen LogP contribution >= 0.6 is 24.0 Å². The van der Waals surface area contributed by atoms with Crippen LogP contribution in [0.2, 0.25) is 0 Å². The van der Waals surface area contributed by atoms with E-state index in [0.717, 1.165) is 28.8 Å². The van der Waals surface area contributed by atoms with Crippen LogP contribution in [0.4, 0.5) is 0 Å². The molecule has 0 bridgehead atoms. The van der Waals surface area contributed by atoms with Gasteiger partial charge in [-0.3, -0.25) is 4.99 Å². The predicted octanol–water partition coefficient (Wildman–Crippen LogP) is 3.41. The molecule has 0 saturated heterocycles. The lowest BCUT2D eigenvalue weighted by Gasteiger charge is -2.23. The molecule has 148 valence electrons. The van der Waals surface area contributed by atoms with Crippen LogP contribution in [0.25, 0.3) is 0 Å². The summed E-state index contributed by atoms with van der Waals surface area (Å²) in [4.78, 5) is 6.36. The molecule has 0 unspecified atom stereocenters. The second kappa shape index (κ2) is 12.3. The maximum atomic E-state index is 5.69. The molecular formula is C20H28IN3O3. The van der Waals surface area contributed by atoms with E-state index in [1.54, 1.807) is 21.3 Å². The first kappa shape index (κ1) is 22.9. The van der Waals surface area contributed by atoms with Gasteiger partial charge in [0.2, 0.25) is 0 Å². The number of hydrogen-bond acceptors (Lipinski definition) is 4. The van der Waals surface area contributed by atoms with Crippen molar-refractivity contribution in [3.05, 3.63) is 54.1 Å². The first-order valence-electron chi connectivity index (χ1n) is 8.48. The van der Waals surface area contributed by atoms with Crippen LogP contribution in [0, 0.1) is 0 Å². The molecule has 7 heteroatoms. The lowest BCUT2D eigenvalue weighted by atomic mass is 10.2. The van der Waals surface area contributed by atoms with E-state index < -0.39 is 0 Å². The molecule has 0 atom stereocenters. The summed E-state index contributed by atoms with van der Waals surface area (Å²) in [5, 5.41) is 3.31. The molecule has 0 heterocycles. The number of nitrogens with one attached hydrogen (secondary N) is 1. The average Bonchev–Trinajstić information content (AvgIpc) is 2.69. The Morgan fingerprint density at radius 3 is 2.41 bits per heavy atom. The number of halogens is 1. The van der Waals surface area contributed by atoms with E-state index in [4.69, 9.17) is 14.2 Å². The summed E-state index contributed by atoms with van der Waals surface area (Å²) in [6, 6.07) is 15.6. The Kier molecular flexibility index (Phi) is 10.4. The van der Waals surface area contributed by atoms with Crippen LogP contribution in [-0.4, -0.2) is 52.3 Å². The summed E-state index contributed by atoms with van der Waals surface area (Å²) in [7, 11) is 7.05. The van der Waals surface area contributed by atoms with Crippen LogP contribution in [0.5, 0.6) is 17.2 Å². The van der Waals surface area contributed by atoms with Gasteiger partial charge in [0, 0.05) is 32.3 Å². The number of methoxy groups -OCH3 is 2. The third-order valence-corrected chi connectivity index (χ3v) is 3.87.